The van der Waals surface area contributed by atoms with Gasteiger partial charge < -0.3 is 0 Å². The molecule has 0 spiro atoms. The third kappa shape index (κ3) is 3.41. The molecule has 0 heterocycles. The Bertz CT molecular complexity index is 302. The highest BCUT2D eigenvalue weighted by Gasteiger charge is 2.15. The summed E-state index contributed by atoms with van der Waals surface area (Å²) in [6.45, 7) is 6.44. The number of benzene rings is 1. The second-order valence-electron chi connectivity index (χ2n) is 3.77. The SMILES string of the molecule is CC(C)(C)Sc1cccc(Cl)c1Cl. The Hall–Kier alpha value is 0.150. The van der Waals surface area contributed by atoms with Gasteiger partial charge in [0.25, 0.3) is 0 Å². The topological polar surface area (TPSA) is 0 Å². The zero-order chi connectivity index (χ0) is 10.1. The Labute approximate surface area is 93.6 Å². The average Bonchev–Trinajstić information content (AvgIpc) is 1.96. The van der Waals surface area contributed by atoms with E-state index in [1.807, 2.05) is 12.1 Å². The Kier molecular flexibility index (Phi) is 3.56. The molecular formula is C10H12Cl2S. The van der Waals surface area contributed by atoms with Crippen LogP contribution in [0.25, 0.3) is 0 Å². The van der Waals surface area contributed by atoms with Crippen molar-refractivity contribution in [2.24, 2.45) is 0 Å². The summed E-state index contributed by atoms with van der Waals surface area (Å²) in [7, 11) is 0. The van der Waals surface area contributed by atoms with Crippen LogP contribution in [-0.2, 0) is 0 Å². The smallest absolute Gasteiger partial charge is 0.0728 e. The monoisotopic (exact) mass is 234 g/mol. The molecule has 0 fully saturated rings. The second kappa shape index (κ2) is 4.12. The summed E-state index contributed by atoms with van der Waals surface area (Å²) in [6.07, 6.45) is 0. The van der Waals surface area contributed by atoms with Crippen LogP contribution in [-0.4, -0.2) is 4.75 Å². The lowest BCUT2D eigenvalue weighted by atomic mass is 10.3. The molecule has 0 N–H and O–H groups in total. The number of thioether (sulfide) groups is 1. The van der Waals surface area contributed by atoms with E-state index in [9.17, 15) is 0 Å². The van der Waals surface area contributed by atoms with Gasteiger partial charge in [-0.3, -0.25) is 0 Å². The van der Waals surface area contributed by atoms with Crippen LogP contribution in [0.5, 0.6) is 0 Å². The van der Waals surface area contributed by atoms with E-state index in [1.165, 1.54) is 0 Å². The van der Waals surface area contributed by atoms with Gasteiger partial charge in [0, 0.05) is 9.64 Å². The molecule has 72 valence electrons. The largest absolute Gasteiger partial charge is 0.119 e. The van der Waals surface area contributed by atoms with Crippen molar-refractivity contribution >= 4 is 35.0 Å². The van der Waals surface area contributed by atoms with Crippen molar-refractivity contribution in [1.82, 2.24) is 0 Å². The molecule has 0 aliphatic carbocycles. The highest BCUT2D eigenvalue weighted by molar-refractivity contribution is 8.00. The Morgan fingerprint density at radius 2 is 1.77 bits per heavy atom. The van der Waals surface area contributed by atoms with Crippen molar-refractivity contribution in [3.05, 3.63) is 28.2 Å². The van der Waals surface area contributed by atoms with E-state index in [2.05, 4.69) is 20.8 Å². The standard InChI is InChI=1S/C10H12Cl2S/c1-10(2,3)13-8-6-4-5-7(11)9(8)12/h4-6H,1-3H3. The summed E-state index contributed by atoms with van der Waals surface area (Å²) in [5, 5.41) is 1.28. The Balaban J connectivity index is 2.96. The first-order chi connectivity index (χ1) is 5.90. The lowest BCUT2D eigenvalue weighted by molar-refractivity contribution is 0.803. The zero-order valence-electron chi connectivity index (χ0n) is 7.90. The highest BCUT2D eigenvalue weighted by Crippen LogP contribution is 2.39. The molecule has 13 heavy (non-hydrogen) atoms. The van der Waals surface area contributed by atoms with Gasteiger partial charge in [-0.05, 0) is 12.1 Å². The van der Waals surface area contributed by atoms with Crippen molar-refractivity contribution in [3.8, 4) is 0 Å². The van der Waals surface area contributed by atoms with Gasteiger partial charge in [0.2, 0.25) is 0 Å². The Morgan fingerprint density at radius 1 is 1.15 bits per heavy atom. The van der Waals surface area contributed by atoms with Crippen LogP contribution < -0.4 is 0 Å². The molecule has 0 aliphatic heterocycles. The average molecular weight is 235 g/mol. The van der Waals surface area contributed by atoms with Crippen LogP contribution in [0.3, 0.4) is 0 Å². The van der Waals surface area contributed by atoms with Gasteiger partial charge in [0.1, 0.15) is 0 Å². The quantitative estimate of drug-likeness (QED) is 0.625. The third-order valence-electron chi connectivity index (χ3n) is 1.33. The molecule has 1 rings (SSSR count). The maximum atomic E-state index is 6.05. The molecule has 0 aromatic heterocycles. The van der Waals surface area contributed by atoms with Crippen LogP contribution in [0.15, 0.2) is 23.1 Å². The first kappa shape index (κ1) is 11.2. The fraction of sp³-hybridized carbons (Fsp3) is 0.400. The number of hydrogen-bond acceptors (Lipinski definition) is 1. The Morgan fingerprint density at radius 3 is 2.31 bits per heavy atom. The molecule has 0 radical (unpaired) electrons. The van der Waals surface area contributed by atoms with Crippen LogP contribution in [0.2, 0.25) is 10.0 Å². The molecule has 0 nitrogen and oxygen atoms in total. The van der Waals surface area contributed by atoms with E-state index in [-0.39, 0.29) is 4.75 Å². The summed E-state index contributed by atoms with van der Waals surface area (Å²) in [5.74, 6) is 0. The minimum absolute atomic E-state index is 0.161. The number of halogens is 2. The summed E-state index contributed by atoms with van der Waals surface area (Å²) < 4.78 is 0.161. The third-order valence-corrected chi connectivity index (χ3v) is 3.44. The summed E-state index contributed by atoms with van der Waals surface area (Å²) in [6, 6.07) is 5.71. The number of rotatable bonds is 1. The zero-order valence-corrected chi connectivity index (χ0v) is 10.2. The normalized spacial score (nSPS) is 11.8. The summed E-state index contributed by atoms with van der Waals surface area (Å²) in [5.41, 5.74) is 0. The van der Waals surface area contributed by atoms with Crippen molar-refractivity contribution in [1.29, 1.82) is 0 Å². The molecule has 3 heteroatoms. The first-order valence-electron chi connectivity index (χ1n) is 4.03. The van der Waals surface area contributed by atoms with Gasteiger partial charge in [-0.2, -0.15) is 0 Å². The molecule has 0 atom stereocenters. The molecule has 1 aromatic carbocycles. The van der Waals surface area contributed by atoms with Gasteiger partial charge in [-0.1, -0.05) is 50.0 Å². The highest BCUT2D eigenvalue weighted by atomic mass is 35.5. The van der Waals surface area contributed by atoms with Crippen LogP contribution in [0.1, 0.15) is 20.8 Å². The van der Waals surface area contributed by atoms with Crippen LogP contribution in [0, 0.1) is 0 Å². The molecule has 1 aromatic rings. The van der Waals surface area contributed by atoms with Crippen LogP contribution in [0.4, 0.5) is 0 Å². The van der Waals surface area contributed by atoms with Gasteiger partial charge in [0.05, 0.1) is 10.0 Å². The van der Waals surface area contributed by atoms with E-state index in [1.54, 1.807) is 17.8 Å². The van der Waals surface area contributed by atoms with E-state index in [0.29, 0.717) is 10.0 Å². The molecule has 0 aliphatic rings. The molecule has 0 saturated carbocycles. The van der Waals surface area contributed by atoms with Crippen molar-refractivity contribution in [2.75, 3.05) is 0 Å². The fourth-order valence-electron chi connectivity index (χ4n) is 0.893. The fourth-order valence-corrected chi connectivity index (χ4v) is 2.37. The van der Waals surface area contributed by atoms with Crippen LogP contribution >= 0.6 is 35.0 Å². The van der Waals surface area contributed by atoms with Gasteiger partial charge >= 0.3 is 0 Å². The lowest BCUT2D eigenvalue weighted by Gasteiger charge is -2.18. The van der Waals surface area contributed by atoms with E-state index in [0.717, 1.165) is 4.90 Å². The predicted octanol–water partition coefficient (Wildman–Crippen LogP) is 4.88. The predicted molar refractivity (Wildman–Crippen MR) is 62.1 cm³/mol. The molecule has 0 bridgehead atoms. The van der Waals surface area contributed by atoms with E-state index >= 15 is 0 Å². The van der Waals surface area contributed by atoms with E-state index < -0.39 is 0 Å². The van der Waals surface area contributed by atoms with Crippen molar-refractivity contribution in [2.45, 2.75) is 30.4 Å². The minimum atomic E-state index is 0.161. The van der Waals surface area contributed by atoms with Gasteiger partial charge in [-0.15, -0.1) is 11.8 Å². The molecule has 0 unspecified atom stereocenters. The lowest BCUT2D eigenvalue weighted by Crippen LogP contribution is -2.06. The second-order valence-corrected chi connectivity index (χ2v) is 6.42. The van der Waals surface area contributed by atoms with Gasteiger partial charge in [-0.25, -0.2) is 0 Å². The first-order valence-corrected chi connectivity index (χ1v) is 5.60. The maximum Gasteiger partial charge on any atom is 0.0728 e. The van der Waals surface area contributed by atoms with Gasteiger partial charge in [0.15, 0.2) is 0 Å². The number of hydrogen-bond donors (Lipinski definition) is 0. The van der Waals surface area contributed by atoms with E-state index in [4.69, 9.17) is 23.2 Å². The summed E-state index contributed by atoms with van der Waals surface area (Å²) >= 11 is 13.7. The van der Waals surface area contributed by atoms with Crippen molar-refractivity contribution in [3.63, 3.8) is 0 Å². The maximum absolute atomic E-state index is 6.05. The minimum Gasteiger partial charge on any atom is -0.119 e. The van der Waals surface area contributed by atoms with Crippen molar-refractivity contribution < 1.29 is 0 Å². The molecule has 0 saturated heterocycles. The molecule has 0 amide bonds. The molecular weight excluding hydrogens is 223 g/mol. The summed E-state index contributed by atoms with van der Waals surface area (Å²) in [4.78, 5) is 1.04.